The smallest absolute Gasteiger partial charge is 0.218 e. The van der Waals surface area contributed by atoms with Gasteiger partial charge in [-0.3, -0.25) is 0 Å². The number of hydrogen-bond acceptors (Lipinski definition) is 5. The molecule has 0 aliphatic carbocycles. The summed E-state index contributed by atoms with van der Waals surface area (Å²) in [7, 11) is -4.78. The van der Waals surface area contributed by atoms with E-state index >= 15 is 0 Å². The Morgan fingerprint density at radius 1 is 1.29 bits per heavy atom. The first-order valence-corrected chi connectivity index (χ1v) is 9.04. The van der Waals surface area contributed by atoms with E-state index in [-0.39, 0.29) is 24.0 Å². The zero-order valence-electron chi connectivity index (χ0n) is 9.79. The molecular formula is C9H18N2O4S2. The van der Waals surface area contributed by atoms with Crippen LogP contribution in [0.25, 0.3) is 0 Å². The predicted octanol–water partition coefficient (Wildman–Crippen LogP) is -1.20. The lowest BCUT2D eigenvalue weighted by Crippen LogP contribution is -2.39. The Morgan fingerprint density at radius 3 is 2.47 bits per heavy atom. The van der Waals surface area contributed by atoms with Crippen molar-refractivity contribution < 1.29 is 16.8 Å². The van der Waals surface area contributed by atoms with Crippen LogP contribution in [0.15, 0.2) is 0 Å². The largest absolute Gasteiger partial charge is 0.316 e. The van der Waals surface area contributed by atoms with Crippen LogP contribution in [0.3, 0.4) is 0 Å². The van der Waals surface area contributed by atoms with Crippen molar-refractivity contribution in [2.24, 2.45) is 0 Å². The van der Waals surface area contributed by atoms with E-state index in [2.05, 4.69) is 5.32 Å². The highest BCUT2D eigenvalue weighted by molar-refractivity contribution is 7.95. The molecule has 0 bridgehead atoms. The normalized spacial score (nSPS) is 34.2. The van der Waals surface area contributed by atoms with Crippen molar-refractivity contribution in [3.63, 3.8) is 0 Å². The van der Waals surface area contributed by atoms with Crippen LogP contribution in [0.2, 0.25) is 0 Å². The molecule has 0 radical (unpaired) electrons. The second-order valence-electron chi connectivity index (χ2n) is 4.70. The maximum Gasteiger partial charge on any atom is 0.218 e. The van der Waals surface area contributed by atoms with Crippen LogP contribution in [-0.2, 0) is 19.9 Å². The Hall–Kier alpha value is -0.180. The van der Waals surface area contributed by atoms with Gasteiger partial charge >= 0.3 is 0 Å². The number of sulfone groups is 1. The van der Waals surface area contributed by atoms with E-state index in [9.17, 15) is 16.8 Å². The summed E-state index contributed by atoms with van der Waals surface area (Å²) < 4.78 is 48.5. The summed E-state index contributed by atoms with van der Waals surface area (Å²) in [5, 5.41) is 2.32. The minimum atomic E-state index is -3.44. The Bertz CT molecular complexity index is 485. The third-order valence-corrected chi connectivity index (χ3v) is 7.81. The fourth-order valence-electron chi connectivity index (χ4n) is 2.40. The van der Waals surface area contributed by atoms with E-state index < -0.39 is 25.1 Å². The number of hydrogen-bond donors (Lipinski definition) is 1. The minimum Gasteiger partial charge on any atom is -0.316 e. The molecule has 2 aliphatic rings. The SMILES string of the molecule is CNC1CCN(S(=O)(=O)C2CCS(=O)(=O)C2)C1. The molecule has 2 fully saturated rings. The van der Waals surface area contributed by atoms with Gasteiger partial charge in [0, 0.05) is 19.1 Å². The Balaban J connectivity index is 2.10. The van der Waals surface area contributed by atoms with Crippen molar-refractivity contribution in [1.82, 2.24) is 9.62 Å². The van der Waals surface area contributed by atoms with Gasteiger partial charge in [0.25, 0.3) is 0 Å². The molecule has 0 aromatic carbocycles. The molecule has 17 heavy (non-hydrogen) atoms. The van der Waals surface area contributed by atoms with Crippen LogP contribution in [-0.4, -0.2) is 64.1 Å². The molecule has 1 N–H and O–H groups in total. The van der Waals surface area contributed by atoms with Crippen LogP contribution >= 0.6 is 0 Å². The summed E-state index contributed by atoms with van der Waals surface area (Å²) in [6.07, 6.45) is 1.03. The van der Waals surface area contributed by atoms with Crippen LogP contribution in [0.5, 0.6) is 0 Å². The van der Waals surface area contributed by atoms with Crippen LogP contribution in [0, 0.1) is 0 Å². The van der Waals surface area contributed by atoms with Crippen molar-refractivity contribution >= 4 is 19.9 Å². The Morgan fingerprint density at radius 2 is 2.00 bits per heavy atom. The summed E-state index contributed by atoms with van der Waals surface area (Å²) in [4.78, 5) is 0. The van der Waals surface area contributed by atoms with Gasteiger partial charge in [0.05, 0.1) is 16.8 Å². The summed E-state index contributed by atoms with van der Waals surface area (Å²) in [6, 6.07) is 0.183. The first kappa shape index (κ1) is 13.3. The molecule has 2 atom stereocenters. The molecule has 2 unspecified atom stereocenters. The lowest BCUT2D eigenvalue weighted by molar-refractivity contribution is 0.456. The monoisotopic (exact) mass is 282 g/mol. The van der Waals surface area contributed by atoms with Crippen molar-refractivity contribution in [3.8, 4) is 0 Å². The van der Waals surface area contributed by atoms with E-state index in [1.807, 2.05) is 0 Å². The highest BCUT2D eigenvalue weighted by atomic mass is 32.2. The molecular weight excluding hydrogens is 264 g/mol. The van der Waals surface area contributed by atoms with Gasteiger partial charge in [0.2, 0.25) is 10.0 Å². The van der Waals surface area contributed by atoms with Gasteiger partial charge in [-0.2, -0.15) is 0 Å². The fraction of sp³-hybridized carbons (Fsp3) is 1.00. The average molecular weight is 282 g/mol. The molecule has 0 aromatic rings. The van der Waals surface area contributed by atoms with E-state index in [1.165, 1.54) is 4.31 Å². The number of likely N-dealkylation sites (N-methyl/N-ethyl adjacent to an activating group) is 1. The lowest BCUT2D eigenvalue weighted by Gasteiger charge is -2.20. The third-order valence-electron chi connectivity index (χ3n) is 3.53. The molecule has 0 spiro atoms. The molecule has 0 amide bonds. The van der Waals surface area contributed by atoms with Gasteiger partial charge in [0.15, 0.2) is 9.84 Å². The van der Waals surface area contributed by atoms with Gasteiger partial charge < -0.3 is 5.32 Å². The molecule has 2 aliphatic heterocycles. The third kappa shape index (κ3) is 2.64. The number of rotatable bonds is 3. The van der Waals surface area contributed by atoms with E-state index in [0.29, 0.717) is 13.1 Å². The van der Waals surface area contributed by atoms with Crippen LogP contribution in [0.4, 0.5) is 0 Å². The van der Waals surface area contributed by atoms with Crippen molar-refractivity contribution in [2.75, 3.05) is 31.6 Å². The highest BCUT2D eigenvalue weighted by Crippen LogP contribution is 2.24. The molecule has 2 saturated heterocycles. The zero-order valence-corrected chi connectivity index (χ0v) is 11.4. The molecule has 2 heterocycles. The number of sulfonamides is 1. The highest BCUT2D eigenvalue weighted by Gasteiger charge is 2.42. The first-order valence-electron chi connectivity index (χ1n) is 5.72. The Kier molecular flexibility index (Phi) is 3.50. The quantitative estimate of drug-likeness (QED) is 0.703. The molecule has 2 rings (SSSR count). The topological polar surface area (TPSA) is 83.6 Å². The maximum absolute atomic E-state index is 12.2. The van der Waals surface area contributed by atoms with Gasteiger partial charge in [-0.15, -0.1) is 0 Å². The number of nitrogens with one attached hydrogen (secondary N) is 1. The van der Waals surface area contributed by atoms with Gasteiger partial charge in [-0.05, 0) is 19.9 Å². The van der Waals surface area contributed by atoms with Crippen molar-refractivity contribution in [3.05, 3.63) is 0 Å². The van der Waals surface area contributed by atoms with Crippen molar-refractivity contribution in [2.45, 2.75) is 24.1 Å². The van der Waals surface area contributed by atoms with Crippen LogP contribution < -0.4 is 5.32 Å². The summed E-state index contributed by atoms with van der Waals surface area (Å²) in [6.45, 7) is 0.944. The standard InChI is InChI=1S/C9H18N2O4S2/c1-10-8-2-4-11(6-8)17(14,15)9-3-5-16(12,13)7-9/h8-10H,2-7H2,1H3. The molecule has 0 saturated carbocycles. The first-order chi connectivity index (χ1) is 7.85. The maximum atomic E-state index is 12.2. The minimum absolute atomic E-state index is 0.000191. The second-order valence-corrected chi connectivity index (χ2v) is 9.14. The molecule has 8 heteroatoms. The lowest BCUT2D eigenvalue weighted by atomic mass is 10.3. The number of nitrogens with zero attached hydrogens (tertiary/aromatic N) is 1. The average Bonchev–Trinajstić information content (AvgIpc) is 2.84. The summed E-state index contributed by atoms with van der Waals surface area (Å²) in [5.41, 5.74) is 0. The van der Waals surface area contributed by atoms with Gasteiger partial charge in [-0.25, -0.2) is 21.1 Å². The van der Waals surface area contributed by atoms with E-state index in [0.717, 1.165) is 6.42 Å². The predicted molar refractivity (Wildman–Crippen MR) is 65.0 cm³/mol. The van der Waals surface area contributed by atoms with Gasteiger partial charge in [-0.1, -0.05) is 0 Å². The summed E-state index contributed by atoms with van der Waals surface area (Å²) in [5.74, 6) is -0.212. The van der Waals surface area contributed by atoms with Gasteiger partial charge in [0.1, 0.15) is 0 Å². The van der Waals surface area contributed by atoms with Crippen LogP contribution in [0.1, 0.15) is 12.8 Å². The van der Waals surface area contributed by atoms with Crippen molar-refractivity contribution in [1.29, 1.82) is 0 Å². The fourth-order valence-corrected chi connectivity index (χ4v) is 6.99. The van der Waals surface area contributed by atoms with E-state index in [1.54, 1.807) is 7.05 Å². The van der Waals surface area contributed by atoms with E-state index in [4.69, 9.17) is 0 Å². The molecule has 6 nitrogen and oxygen atoms in total. The molecule has 100 valence electrons. The summed E-state index contributed by atoms with van der Waals surface area (Å²) >= 11 is 0. The zero-order chi connectivity index (χ0) is 12.7. The second kappa shape index (κ2) is 4.49. The Labute approximate surface area is 102 Å². The molecule has 0 aromatic heterocycles.